The molecule has 0 radical (unpaired) electrons. The lowest BCUT2D eigenvalue weighted by molar-refractivity contribution is -0.119. The molecule has 0 saturated heterocycles. The third-order valence-corrected chi connectivity index (χ3v) is 3.86. The number of thiophene rings is 1. The van der Waals surface area contributed by atoms with E-state index < -0.39 is 11.9 Å². The number of esters is 1. The third kappa shape index (κ3) is 3.59. The Bertz CT molecular complexity index is 625. The average Bonchev–Trinajstić information content (AvgIpc) is 2.95. The Hall–Kier alpha value is -1.85. The molecule has 1 heterocycles. The van der Waals surface area contributed by atoms with Crippen LogP contribution in [0.25, 0.3) is 0 Å². The summed E-state index contributed by atoms with van der Waals surface area (Å²) >= 11 is 7.22. The number of anilines is 1. The van der Waals surface area contributed by atoms with Crippen LogP contribution in [0.15, 0.2) is 35.7 Å². The molecule has 0 aliphatic heterocycles. The Morgan fingerprint density at radius 1 is 1.30 bits per heavy atom. The highest BCUT2D eigenvalue weighted by Gasteiger charge is 2.12. The van der Waals surface area contributed by atoms with Crippen LogP contribution < -0.4 is 5.32 Å². The first-order valence-electron chi connectivity index (χ1n) is 5.83. The van der Waals surface area contributed by atoms with Crippen molar-refractivity contribution in [3.63, 3.8) is 0 Å². The van der Waals surface area contributed by atoms with Gasteiger partial charge in [-0.25, -0.2) is 4.79 Å². The fourth-order valence-corrected chi connectivity index (χ4v) is 2.32. The number of hydrogen-bond acceptors (Lipinski definition) is 4. The minimum Gasteiger partial charge on any atom is -0.451 e. The first-order valence-corrected chi connectivity index (χ1v) is 7.09. The molecule has 0 aliphatic rings. The molecule has 1 aromatic heterocycles. The zero-order valence-electron chi connectivity index (χ0n) is 10.7. The number of carbonyl (C=O) groups is 2. The van der Waals surface area contributed by atoms with Crippen LogP contribution >= 0.6 is 22.9 Å². The van der Waals surface area contributed by atoms with E-state index in [0.29, 0.717) is 15.6 Å². The highest BCUT2D eigenvalue weighted by Crippen LogP contribution is 2.22. The molecule has 2 rings (SSSR count). The molecule has 1 N–H and O–H groups in total. The maximum absolute atomic E-state index is 11.7. The van der Waals surface area contributed by atoms with Crippen molar-refractivity contribution in [1.82, 2.24) is 0 Å². The second-order valence-corrected chi connectivity index (χ2v) is 5.37. The van der Waals surface area contributed by atoms with E-state index in [1.165, 1.54) is 11.3 Å². The molecule has 0 unspecified atom stereocenters. The Morgan fingerprint density at radius 2 is 2.10 bits per heavy atom. The van der Waals surface area contributed by atoms with E-state index >= 15 is 0 Å². The molecule has 0 aliphatic carbocycles. The molecular weight excluding hydrogens is 298 g/mol. The van der Waals surface area contributed by atoms with Crippen molar-refractivity contribution in [3.8, 4) is 0 Å². The van der Waals surface area contributed by atoms with Gasteiger partial charge >= 0.3 is 5.97 Å². The second kappa shape index (κ2) is 6.54. The van der Waals surface area contributed by atoms with E-state index in [1.807, 2.05) is 0 Å². The zero-order valence-corrected chi connectivity index (χ0v) is 12.3. The summed E-state index contributed by atoms with van der Waals surface area (Å²) in [5, 5.41) is 4.99. The van der Waals surface area contributed by atoms with Gasteiger partial charge in [0.2, 0.25) is 0 Å². The lowest BCUT2D eigenvalue weighted by Gasteiger charge is -2.09. The molecule has 104 valence electrons. The van der Waals surface area contributed by atoms with Crippen molar-refractivity contribution >= 4 is 40.5 Å². The molecule has 0 spiro atoms. The van der Waals surface area contributed by atoms with E-state index in [9.17, 15) is 9.59 Å². The van der Waals surface area contributed by atoms with Gasteiger partial charge in [0.15, 0.2) is 6.61 Å². The average molecular weight is 310 g/mol. The highest BCUT2D eigenvalue weighted by atomic mass is 35.5. The number of carbonyl (C=O) groups excluding carboxylic acids is 2. The Morgan fingerprint density at radius 3 is 2.80 bits per heavy atom. The van der Waals surface area contributed by atoms with Crippen molar-refractivity contribution in [2.24, 2.45) is 0 Å². The summed E-state index contributed by atoms with van der Waals surface area (Å²) in [6.45, 7) is 1.47. The van der Waals surface area contributed by atoms with Crippen LogP contribution in [-0.4, -0.2) is 18.5 Å². The molecule has 6 heteroatoms. The predicted molar refractivity (Wildman–Crippen MR) is 79.4 cm³/mol. The number of nitrogens with one attached hydrogen (secondary N) is 1. The summed E-state index contributed by atoms with van der Waals surface area (Å²) < 4.78 is 4.92. The minimum atomic E-state index is -0.502. The first-order chi connectivity index (χ1) is 9.58. The second-order valence-electron chi connectivity index (χ2n) is 4.01. The van der Waals surface area contributed by atoms with Gasteiger partial charge in [0.1, 0.15) is 4.88 Å². The molecule has 1 amide bonds. The van der Waals surface area contributed by atoms with Crippen molar-refractivity contribution in [2.75, 3.05) is 11.9 Å². The minimum absolute atomic E-state index is 0.331. The number of hydrogen-bond donors (Lipinski definition) is 1. The predicted octanol–water partition coefficient (Wildman–Crippen LogP) is 3.51. The van der Waals surface area contributed by atoms with Gasteiger partial charge in [0, 0.05) is 10.7 Å². The highest BCUT2D eigenvalue weighted by molar-refractivity contribution is 7.11. The molecule has 0 saturated carbocycles. The summed E-state index contributed by atoms with van der Waals surface area (Å²) in [7, 11) is 0. The summed E-state index contributed by atoms with van der Waals surface area (Å²) in [6, 6.07) is 8.61. The molecule has 1 aromatic carbocycles. The van der Waals surface area contributed by atoms with Crippen molar-refractivity contribution in [1.29, 1.82) is 0 Å². The maximum atomic E-state index is 11.7. The Kier molecular flexibility index (Phi) is 4.76. The van der Waals surface area contributed by atoms with E-state index in [-0.39, 0.29) is 6.61 Å². The van der Waals surface area contributed by atoms with E-state index in [0.717, 1.165) is 5.56 Å². The monoisotopic (exact) mass is 309 g/mol. The topological polar surface area (TPSA) is 55.4 Å². The quantitative estimate of drug-likeness (QED) is 0.879. The third-order valence-electron chi connectivity index (χ3n) is 2.60. The van der Waals surface area contributed by atoms with Gasteiger partial charge in [-0.3, -0.25) is 4.79 Å². The molecule has 2 aromatic rings. The van der Waals surface area contributed by atoms with Crippen molar-refractivity contribution in [3.05, 3.63) is 51.2 Å². The first kappa shape index (κ1) is 14.6. The Balaban J connectivity index is 1.90. The molecule has 0 fully saturated rings. The number of amides is 1. The molecular formula is C14H12ClNO3S. The summed E-state index contributed by atoms with van der Waals surface area (Å²) in [6.07, 6.45) is 0. The van der Waals surface area contributed by atoms with Gasteiger partial charge in [0.05, 0.1) is 0 Å². The molecule has 4 nitrogen and oxygen atoms in total. The molecule has 20 heavy (non-hydrogen) atoms. The van der Waals surface area contributed by atoms with Crippen LogP contribution in [-0.2, 0) is 9.53 Å². The van der Waals surface area contributed by atoms with Crippen molar-refractivity contribution in [2.45, 2.75) is 6.92 Å². The summed E-state index contributed by atoms with van der Waals surface area (Å²) in [4.78, 5) is 23.8. The van der Waals surface area contributed by atoms with Crippen LogP contribution in [0.3, 0.4) is 0 Å². The lowest BCUT2D eigenvalue weighted by Crippen LogP contribution is -2.21. The number of halogens is 1. The standard InChI is InChI=1S/C14H12ClNO3S/c1-9-10(15)4-2-5-11(9)16-13(17)8-19-14(18)12-6-3-7-20-12/h2-7H,8H2,1H3,(H,16,17). The zero-order chi connectivity index (χ0) is 14.5. The van der Waals surface area contributed by atoms with E-state index in [2.05, 4.69) is 5.32 Å². The van der Waals surface area contributed by atoms with Crippen LogP contribution in [0, 0.1) is 6.92 Å². The normalized spacial score (nSPS) is 10.1. The van der Waals surface area contributed by atoms with Gasteiger partial charge < -0.3 is 10.1 Å². The van der Waals surface area contributed by atoms with Crippen LogP contribution in [0.4, 0.5) is 5.69 Å². The van der Waals surface area contributed by atoms with Crippen LogP contribution in [0.5, 0.6) is 0 Å². The van der Waals surface area contributed by atoms with E-state index in [4.69, 9.17) is 16.3 Å². The fraction of sp³-hybridized carbons (Fsp3) is 0.143. The van der Waals surface area contributed by atoms with E-state index in [1.54, 1.807) is 42.6 Å². The number of rotatable bonds is 4. The number of benzene rings is 1. The maximum Gasteiger partial charge on any atom is 0.348 e. The lowest BCUT2D eigenvalue weighted by atomic mass is 10.2. The van der Waals surface area contributed by atoms with Gasteiger partial charge in [-0.15, -0.1) is 11.3 Å². The largest absolute Gasteiger partial charge is 0.451 e. The number of ether oxygens (including phenoxy) is 1. The molecule has 0 bridgehead atoms. The fourth-order valence-electron chi connectivity index (χ4n) is 1.53. The van der Waals surface area contributed by atoms with Crippen LogP contribution in [0.1, 0.15) is 15.2 Å². The van der Waals surface area contributed by atoms with Crippen LogP contribution in [0.2, 0.25) is 5.02 Å². The SMILES string of the molecule is Cc1c(Cl)cccc1NC(=O)COC(=O)c1cccs1. The summed E-state index contributed by atoms with van der Waals surface area (Å²) in [5.41, 5.74) is 1.38. The molecule has 0 atom stereocenters. The van der Waals surface area contributed by atoms with Gasteiger partial charge in [0.25, 0.3) is 5.91 Å². The van der Waals surface area contributed by atoms with Gasteiger partial charge in [-0.1, -0.05) is 23.7 Å². The van der Waals surface area contributed by atoms with Gasteiger partial charge in [-0.05, 0) is 36.1 Å². The summed E-state index contributed by atoms with van der Waals surface area (Å²) in [5.74, 6) is -0.904. The smallest absolute Gasteiger partial charge is 0.348 e. The van der Waals surface area contributed by atoms with Crippen molar-refractivity contribution < 1.29 is 14.3 Å². The Labute approximate surface area is 125 Å². The van der Waals surface area contributed by atoms with Gasteiger partial charge in [-0.2, -0.15) is 0 Å².